The maximum Gasteiger partial charge on any atom is 0.126 e. The summed E-state index contributed by atoms with van der Waals surface area (Å²) in [6.07, 6.45) is 6.05. The first-order chi connectivity index (χ1) is 16.1. The molecule has 3 aromatic rings. The van der Waals surface area contributed by atoms with Gasteiger partial charge in [0.2, 0.25) is 0 Å². The van der Waals surface area contributed by atoms with Crippen LogP contribution in [0.5, 0.6) is 11.5 Å². The Kier molecular flexibility index (Phi) is 8.47. The van der Waals surface area contributed by atoms with Gasteiger partial charge in [-0.2, -0.15) is 0 Å². The molecule has 0 spiro atoms. The van der Waals surface area contributed by atoms with Crippen LogP contribution in [0.25, 0.3) is 22.3 Å². The zero-order chi connectivity index (χ0) is 25.2. The minimum absolute atomic E-state index is 0.390. The van der Waals surface area contributed by atoms with Gasteiger partial charge in [0.25, 0.3) is 0 Å². The average molecular weight is 477 g/mol. The number of hydrogen-bond acceptors (Lipinski definition) is 2. The molecule has 182 valence electrons. The van der Waals surface area contributed by atoms with Gasteiger partial charge in [-0.3, -0.25) is 0 Å². The lowest BCUT2D eigenvalue weighted by Gasteiger charge is -2.24. The second kappa shape index (κ2) is 11.0. The molecule has 0 aliphatic carbocycles. The molecule has 0 aliphatic heterocycles. The fourth-order valence-corrected chi connectivity index (χ4v) is 5.54. The van der Waals surface area contributed by atoms with Crippen molar-refractivity contribution in [3.63, 3.8) is 0 Å². The first kappa shape index (κ1) is 26.3. The van der Waals surface area contributed by atoms with E-state index in [1.807, 2.05) is 0 Å². The molecule has 0 bridgehead atoms. The van der Waals surface area contributed by atoms with Gasteiger partial charge in [-0.25, -0.2) is 0 Å². The van der Waals surface area contributed by atoms with Gasteiger partial charge in [-0.15, -0.1) is 9.24 Å². The second-order valence-electron chi connectivity index (χ2n) is 9.89. The molecule has 3 heteroatoms. The van der Waals surface area contributed by atoms with Crippen LogP contribution in [0, 0.1) is 34.6 Å². The zero-order valence-electron chi connectivity index (χ0n) is 22.0. The number of rotatable bonds is 8. The fourth-order valence-electron chi connectivity index (χ4n) is 5.25. The molecule has 0 aliphatic rings. The Morgan fingerprint density at radius 3 is 1.35 bits per heavy atom. The van der Waals surface area contributed by atoms with Gasteiger partial charge in [0.1, 0.15) is 11.5 Å². The van der Waals surface area contributed by atoms with Crippen LogP contribution >= 0.6 is 9.24 Å². The predicted octanol–water partition coefficient (Wildman–Crippen LogP) is 8.16. The highest BCUT2D eigenvalue weighted by molar-refractivity contribution is 7.27. The number of unbranched alkanes of at least 4 members (excludes halogenated alkanes) is 2. The van der Waals surface area contributed by atoms with Crippen molar-refractivity contribution in [2.75, 3.05) is 0 Å². The van der Waals surface area contributed by atoms with Crippen LogP contribution < -0.4 is 5.30 Å². The molecule has 1 unspecified atom stereocenters. The van der Waals surface area contributed by atoms with Crippen LogP contribution in [-0.4, -0.2) is 10.2 Å². The summed E-state index contributed by atoms with van der Waals surface area (Å²) in [4.78, 5) is 0. The Morgan fingerprint density at radius 2 is 1.00 bits per heavy atom. The van der Waals surface area contributed by atoms with Gasteiger partial charge in [0, 0.05) is 11.1 Å². The summed E-state index contributed by atoms with van der Waals surface area (Å²) in [7, 11) is 2.91. The number of aryl methyl sites for hydroxylation is 4. The van der Waals surface area contributed by atoms with Crippen LogP contribution in [0.15, 0.2) is 24.3 Å². The topological polar surface area (TPSA) is 40.5 Å². The molecule has 2 N–H and O–H groups in total. The lowest BCUT2D eigenvalue weighted by Crippen LogP contribution is -2.10. The highest BCUT2D eigenvalue weighted by Gasteiger charge is 2.23. The van der Waals surface area contributed by atoms with Gasteiger partial charge in [-0.1, -0.05) is 38.8 Å². The normalized spacial score (nSPS) is 11.3. The predicted molar refractivity (Wildman–Crippen MR) is 151 cm³/mol. The molecule has 0 aromatic heterocycles. The first-order valence-electron chi connectivity index (χ1n) is 12.7. The van der Waals surface area contributed by atoms with Gasteiger partial charge in [-0.05, 0) is 128 Å². The third kappa shape index (κ3) is 5.03. The van der Waals surface area contributed by atoms with Crippen molar-refractivity contribution in [2.24, 2.45) is 0 Å². The van der Waals surface area contributed by atoms with Crippen LogP contribution in [0.4, 0.5) is 0 Å². The van der Waals surface area contributed by atoms with Gasteiger partial charge >= 0.3 is 0 Å². The van der Waals surface area contributed by atoms with Crippen molar-refractivity contribution >= 4 is 14.5 Å². The monoisotopic (exact) mass is 476 g/mol. The molecule has 3 aromatic carbocycles. The molecular weight excluding hydrogens is 435 g/mol. The van der Waals surface area contributed by atoms with E-state index in [4.69, 9.17) is 0 Å². The van der Waals surface area contributed by atoms with E-state index in [2.05, 4.69) is 82.0 Å². The molecule has 34 heavy (non-hydrogen) atoms. The van der Waals surface area contributed by atoms with Crippen molar-refractivity contribution in [3.05, 3.63) is 63.2 Å². The van der Waals surface area contributed by atoms with E-state index >= 15 is 0 Å². The van der Waals surface area contributed by atoms with Gasteiger partial charge in [0.15, 0.2) is 0 Å². The Bertz CT molecular complexity index is 1120. The minimum atomic E-state index is 0.390. The maximum absolute atomic E-state index is 11.3. The van der Waals surface area contributed by atoms with E-state index < -0.39 is 0 Å². The summed E-state index contributed by atoms with van der Waals surface area (Å²) < 4.78 is 0. The minimum Gasteiger partial charge on any atom is -0.507 e. The molecule has 3 rings (SSSR count). The Balaban J connectivity index is 2.34. The van der Waals surface area contributed by atoms with Crippen molar-refractivity contribution in [1.29, 1.82) is 0 Å². The summed E-state index contributed by atoms with van der Waals surface area (Å²) in [6.45, 7) is 15.0. The summed E-state index contributed by atoms with van der Waals surface area (Å²) >= 11 is 0. The summed E-state index contributed by atoms with van der Waals surface area (Å²) in [5, 5.41) is 23.8. The first-order valence-corrected chi connectivity index (χ1v) is 13.2. The summed E-state index contributed by atoms with van der Waals surface area (Å²) in [6, 6.07) is 8.43. The molecule has 2 nitrogen and oxygen atoms in total. The standard InChI is InChI=1S/C31H41O2P/c1-8-10-12-23-14-18(3)16-25(29(23)32)27-20(5)28(22(7)31(34)21(27)6)26-17-19(4)15-24(30(26)33)13-11-9-2/h14-17,32-33H,8-13,34H2,1-7H3. The number of hydrogen-bond donors (Lipinski definition) is 2. The van der Waals surface area contributed by atoms with Crippen molar-refractivity contribution in [2.45, 2.75) is 87.0 Å². The molecule has 0 amide bonds. The highest BCUT2D eigenvalue weighted by atomic mass is 31.0. The molecule has 0 saturated heterocycles. The van der Waals surface area contributed by atoms with Crippen LogP contribution in [-0.2, 0) is 12.8 Å². The third-order valence-corrected chi connectivity index (χ3v) is 7.98. The van der Waals surface area contributed by atoms with Crippen LogP contribution in [0.3, 0.4) is 0 Å². The number of phenols is 2. The molecular formula is C31H41O2P. The molecule has 0 fully saturated rings. The zero-order valence-corrected chi connectivity index (χ0v) is 23.2. The second-order valence-corrected chi connectivity index (χ2v) is 10.5. The van der Waals surface area contributed by atoms with Crippen molar-refractivity contribution in [3.8, 4) is 33.8 Å². The van der Waals surface area contributed by atoms with Crippen molar-refractivity contribution < 1.29 is 10.2 Å². The smallest absolute Gasteiger partial charge is 0.126 e. The highest BCUT2D eigenvalue weighted by Crippen LogP contribution is 2.45. The molecule has 0 saturated carbocycles. The van der Waals surface area contributed by atoms with E-state index in [1.165, 1.54) is 0 Å². The maximum atomic E-state index is 11.3. The van der Waals surface area contributed by atoms with E-state index in [0.717, 1.165) is 105 Å². The van der Waals surface area contributed by atoms with Crippen LogP contribution in [0.1, 0.15) is 78.5 Å². The van der Waals surface area contributed by atoms with E-state index in [-0.39, 0.29) is 0 Å². The third-order valence-electron chi connectivity index (χ3n) is 7.11. The van der Waals surface area contributed by atoms with E-state index in [0.29, 0.717) is 11.5 Å². The largest absolute Gasteiger partial charge is 0.507 e. The summed E-state index contributed by atoms with van der Waals surface area (Å²) in [5.74, 6) is 0.781. The lowest BCUT2D eigenvalue weighted by molar-refractivity contribution is 0.468. The van der Waals surface area contributed by atoms with Crippen molar-refractivity contribution in [1.82, 2.24) is 0 Å². The average Bonchev–Trinajstić information content (AvgIpc) is 2.79. The van der Waals surface area contributed by atoms with E-state index in [1.54, 1.807) is 0 Å². The SMILES string of the molecule is CCCCc1cc(C)cc(-c2c(C)c(P)c(C)c(-c3cc(C)cc(CCCC)c3O)c2C)c1O. The van der Waals surface area contributed by atoms with Gasteiger partial charge < -0.3 is 10.2 Å². The van der Waals surface area contributed by atoms with E-state index in [9.17, 15) is 10.2 Å². The molecule has 1 atom stereocenters. The Morgan fingerprint density at radius 1 is 0.618 bits per heavy atom. The molecule has 0 heterocycles. The summed E-state index contributed by atoms with van der Waals surface area (Å²) in [5.41, 5.74) is 11.7. The lowest BCUT2D eigenvalue weighted by atomic mass is 9.83. The quantitative estimate of drug-likeness (QED) is 0.322. The number of aromatic hydroxyl groups is 2. The van der Waals surface area contributed by atoms with Gasteiger partial charge in [0.05, 0.1) is 0 Å². The Labute approximate surface area is 208 Å². The number of benzene rings is 3. The Hall–Kier alpha value is -2.31. The molecule has 0 radical (unpaired) electrons. The number of phenolic OH excluding ortho intramolecular Hbond substituents is 2. The van der Waals surface area contributed by atoms with Crippen LogP contribution in [0.2, 0.25) is 0 Å². The fraction of sp³-hybridized carbons (Fsp3) is 0.419.